The van der Waals surface area contributed by atoms with Gasteiger partial charge in [0.1, 0.15) is 6.61 Å². The lowest BCUT2D eigenvalue weighted by Gasteiger charge is -2.13. The highest BCUT2D eigenvalue weighted by Gasteiger charge is 2.25. The molecule has 1 saturated heterocycles. The summed E-state index contributed by atoms with van der Waals surface area (Å²) in [6.45, 7) is 2.51. The molecule has 0 saturated carbocycles. The van der Waals surface area contributed by atoms with Gasteiger partial charge in [-0.25, -0.2) is 13.1 Å². The number of hydrogen-bond donors (Lipinski definition) is 2. The van der Waals surface area contributed by atoms with E-state index in [1.165, 1.54) is 6.07 Å². The Hall–Kier alpha value is -1.39. The van der Waals surface area contributed by atoms with Crippen LogP contribution >= 0.6 is 0 Å². The van der Waals surface area contributed by atoms with E-state index in [0.717, 1.165) is 5.56 Å². The Labute approximate surface area is 119 Å². The summed E-state index contributed by atoms with van der Waals surface area (Å²) in [6.07, 6.45) is 0.669. The molecular formula is C14H17NO4S. The normalized spacial score (nSPS) is 18.6. The van der Waals surface area contributed by atoms with E-state index in [0.29, 0.717) is 25.2 Å². The van der Waals surface area contributed by atoms with Gasteiger partial charge in [-0.3, -0.25) is 0 Å². The Balaban J connectivity index is 2.34. The van der Waals surface area contributed by atoms with Crippen LogP contribution < -0.4 is 4.72 Å². The fourth-order valence-corrected chi connectivity index (χ4v) is 3.42. The molecule has 0 radical (unpaired) electrons. The van der Waals surface area contributed by atoms with Gasteiger partial charge in [0.2, 0.25) is 10.0 Å². The van der Waals surface area contributed by atoms with Crippen LogP contribution in [0, 0.1) is 18.8 Å². The van der Waals surface area contributed by atoms with Crippen LogP contribution in [0.25, 0.3) is 0 Å². The topological polar surface area (TPSA) is 75.6 Å². The highest BCUT2D eigenvalue weighted by Crippen LogP contribution is 2.18. The maximum atomic E-state index is 12.4. The van der Waals surface area contributed by atoms with Crippen molar-refractivity contribution < 1.29 is 18.3 Å². The first kappa shape index (κ1) is 15.0. The average molecular weight is 295 g/mol. The van der Waals surface area contributed by atoms with E-state index >= 15 is 0 Å². The molecule has 0 aromatic heterocycles. The first-order valence-electron chi connectivity index (χ1n) is 6.33. The molecule has 6 heteroatoms. The number of rotatable bonds is 3. The molecule has 1 heterocycles. The number of nitrogens with one attached hydrogen (secondary N) is 1. The van der Waals surface area contributed by atoms with E-state index in [-0.39, 0.29) is 17.5 Å². The van der Waals surface area contributed by atoms with Crippen molar-refractivity contribution in [2.45, 2.75) is 24.3 Å². The minimum Gasteiger partial charge on any atom is -0.384 e. The predicted molar refractivity (Wildman–Crippen MR) is 74.7 cm³/mol. The van der Waals surface area contributed by atoms with E-state index in [2.05, 4.69) is 16.6 Å². The first-order chi connectivity index (χ1) is 9.53. The van der Waals surface area contributed by atoms with Crippen LogP contribution in [0.15, 0.2) is 23.1 Å². The van der Waals surface area contributed by atoms with Gasteiger partial charge in [0, 0.05) is 18.2 Å². The van der Waals surface area contributed by atoms with Crippen molar-refractivity contribution in [1.29, 1.82) is 0 Å². The van der Waals surface area contributed by atoms with Crippen LogP contribution in [-0.2, 0) is 14.8 Å². The third kappa shape index (κ3) is 3.58. The minimum absolute atomic E-state index is 0.135. The van der Waals surface area contributed by atoms with E-state index in [1.807, 2.05) is 6.92 Å². The summed E-state index contributed by atoms with van der Waals surface area (Å²) in [5.41, 5.74) is 1.31. The quantitative estimate of drug-likeness (QED) is 0.792. The van der Waals surface area contributed by atoms with Gasteiger partial charge in [0.15, 0.2) is 0 Å². The van der Waals surface area contributed by atoms with Crippen molar-refractivity contribution in [2.75, 3.05) is 19.8 Å². The highest BCUT2D eigenvalue weighted by molar-refractivity contribution is 7.89. The summed E-state index contributed by atoms with van der Waals surface area (Å²) in [4.78, 5) is 0.135. The van der Waals surface area contributed by atoms with Crippen LogP contribution in [0.4, 0.5) is 0 Å². The molecule has 20 heavy (non-hydrogen) atoms. The number of benzene rings is 1. The van der Waals surface area contributed by atoms with Gasteiger partial charge in [-0.2, -0.15) is 0 Å². The summed E-state index contributed by atoms with van der Waals surface area (Å²) >= 11 is 0. The summed E-state index contributed by atoms with van der Waals surface area (Å²) in [5, 5.41) is 8.77. The third-order valence-electron chi connectivity index (χ3n) is 2.98. The standard InChI is InChI=1S/C14H17NO4S/c1-11-4-5-14(12(9-11)3-2-7-16)20(17,18)15-13-6-8-19-10-13/h4-5,9,13,15-16H,6-8,10H2,1H3. The highest BCUT2D eigenvalue weighted by atomic mass is 32.2. The molecule has 1 aromatic carbocycles. The number of aliphatic hydroxyl groups is 1. The van der Waals surface area contributed by atoms with Crippen molar-refractivity contribution in [2.24, 2.45) is 0 Å². The van der Waals surface area contributed by atoms with Crippen molar-refractivity contribution in [1.82, 2.24) is 4.72 Å². The summed E-state index contributed by atoms with van der Waals surface area (Å²) in [5.74, 6) is 5.17. The summed E-state index contributed by atoms with van der Waals surface area (Å²) < 4.78 is 32.6. The van der Waals surface area contributed by atoms with Crippen LogP contribution in [0.2, 0.25) is 0 Å². The lowest BCUT2D eigenvalue weighted by Crippen LogP contribution is -2.35. The number of aryl methyl sites for hydroxylation is 1. The van der Waals surface area contributed by atoms with Crippen LogP contribution in [0.1, 0.15) is 17.5 Å². The lowest BCUT2D eigenvalue weighted by atomic mass is 10.1. The number of ether oxygens (including phenoxy) is 1. The molecule has 108 valence electrons. The Morgan fingerprint density at radius 1 is 1.50 bits per heavy atom. The molecule has 1 fully saturated rings. The molecular weight excluding hydrogens is 278 g/mol. The van der Waals surface area contributed by atoms with Gasteiger partial charge >= 0.3 is 0 Å². The molecule has 1 aliphatic rings. The molecule has 0 bridgehead atoms. The first-order valence-corrected chi connectivity index (χ1v) is 7.82. The summed E-state index contributed by atoms with van der Waals surface area (Å²) in [7, 11) is -3.64. The number of sulfonamides is 1. The van der Waals surface area contributed by atoms with E-state index in [1.54, 1.807) is 12.1 Å². The van der Waals surface area contributed by atoms with Gasteiger partial charge < -0.3 is 9.84 Å². The van der Waals surface area contributed by atoms with Gasteiger partial charge in [-0.15, -0.1) is 0 Å². The SMILES string of the molecule is Cc1ccc(S(=O)(=O)NC2CCOC2)c(C#CCO)c1. The van der Waals surface area contributed by atoms with Crippen molar-refractivity contribution in [3.8, 4) is 11.8 Å². The van der Waals surface area contributed by atoms with E-state index in [4.69, 9.17) is 9.84 Å². The molecule has 0 aliphatic carbocycles. The number of aliphatic hydroxyl groups excluding tert-OH is 1. The molecule has 1 aliphatic heterocycles. The zero-order chi connectivity index (χ0) is 14.6. The number of hydrogen-bond acceptors (Lipinski definition) is 4. The fourth-order valence-electron chi connectivity index (χ4n) is 2.02. The molecule has 2 rings (SSSR count). The van der Waals surface area contributed by atoms with Crippen molar-refractivity contribution >= 4 is 10.0 Å². The Kier molecular flexibility index (Phi) is 4.78. The van der Waals surface area contributed by atoms with Crippen molar-refractivity contribution in [3.63, 3.8) is 0 Å². The Bertz CT molecular complexity index is 637. The second-order valence-electron chi connectivity index (χ2n) is 4.64. The molecule has 5 nitrogen and oxygen atoms in total. The molecule has 0 spiro atoms. The monoisotopic (exact) mass is 295 g/mol. The van der Waals surface area contributed by atoms with Gasteiger partial charge in [-0.05, 0) is 31.0 Å². The molecule has 1 atom stereocenters. The molecule has 0 amide bonds. The molecule has 1 unspecified atom stereocenters. The van der Waals surface area contributed by atoms with Gasteiger partial charge in [0.05, 0.1) is 11.5 Å². The average Bonchev–Trinajstić information content (AvgIpc) is 2.88. The van der Waals surface area contributed by atoms with Gasteiger partial charge in [-0.1, -0.05) is 17.9 Å². The second kappa shape index (κ2) is 6.37. The second-order valence-corrected chi connectivity index (χ2v) is 6.32. The van der Waals surface area contributed by atoms with Crippen LogP contribution in [0.3, 0.4) is 0 Å². The third-order valence-corrected chi connectivity index (χ3v) is 4.56. The maximum absolute atomic E-state index is 12.4. The Morgan fingerprint density at radius 3 is 2.95 bits per heavy atom. The van der Waals surface area contributed by atoms with E-state index in [9.17, 15) is 8.42 Å². The Morgan fingerprint density at radius 2 is 2.30 bits per heavy atom. The zero-order valence-electron chi connectivity index (χ0n) is 11.2. The van der Waals surface area contributed by atoms with Crippen molar-refractivity contribution in [3.05, 3.63) is 29.3 Å². The minimum atomic E-state index is -3.64. The lowest BCUT2D eigenvalue weighted by molar-refractivity contribution is 0.192. The maximum Gasteiger partial charge on any atom is 0.242 e. The van der Waals surface area contributed by atoms with Gasteiger partial charge in [0.25, 0.3) is 0 Å². The largest absolute Gasteiger partial charge is 0.384 e. The van der Waals surface area contributed by atoms with E-state index < -0.39 is 10.0 Å². The smallest absolute Gasteiger partial charge is 0.242 e. The zero-order valence-corrected chi connectivity index (χ0v) is 12.0. The van der Waals surface area contributed by atoms with Crippen LogP contribution in [0.5, 0.6) is 0 Å². The van der Waals surface area contributed by atoms with Crippen LogP contribution in [-0.4, -0.2) is 39.4 Å². The molecule has 2 N–H and O–H groups in total. The summed E-state index contributed by atoms with van der Waals surface area (Å²) in [6, 6.07) is 4.76. The molecule has 1 aromatic rings. The predicted octanol–water partition coefficient (Wildman–Crippen LogP) is 0.406. The fraction of sp³-hybridized carbons (Fsp3) is 0.429.